The fourth-order valence-corrected chi connectivity index (χ4v) is 3.30. The lowest BCUT2D eigenvalue weighted by Crippen LogP contribution is -2.35. The summed E-state index contributed by atoms with van der Waals surface area (Å²) < 4.78 is 8.40. The van der Waals surface area contributed by atoms with Crippen LogP contribution in [0.25, 0.3) is 11.1 Å². The molecule has 0 bridgehead atoms. The molecule has 1 aliphatic rings. The summed E-state index contributed by atoms with van der Waals surface area (Å²) in [6.45, 7) is 3.30. The van der Waals surface area contributed by atoms with Crippen LogP contribution in [0.1, 0.15) is 30.8 Å². The second-order valence-electron chi connectivity index (χ2n) is 6.55. The number of carbonyl (C=O) groups excluding carboxylic acids is 1. The lowest BCUT2D eigenvalue weighted by atomic mass is 10.2. The number of hydrogen-bond acceptors (Lipinski definition) is 5. The third-order valence-electron chi connectivity index (χ3n) is 4.68. The average molecular weight is 356 g/mol. The van der Waals surface area contributed by atoms with Gasteiger partial charge in [0.2, 0.25) is 5.91 Å². The van der Waals surface area contributed by atoms with E-state index in [9.17, 15) is 14.7 Å². The van der Waals surface area contributed by atoms with E-state index in [2.05, 4.69) is 5.10 Å². The maximum Gasteiger partial charge on any atom is 0.420 e. The van der Waals surface area contributed by atoms with Crippen molar-refractivity contribution in [1.29, 1.82) is 0 Å². The van der Waals surface area contributed by atoms with Crippen molar-refractivity contribution < 1.29 is 14.3 Å². The van der Waals surface area contributed by atoms with Crippen LogP contribution >= 0.6 is 0 Å². The molecule has 0 fully saturated rings. The average Bonchev–Trinajstić information content (AvgIpc) is 3.09. The molecule has 136 valence electrons. The van der Waals surface area contributed by atoms with Crippen LogP contribution in [0.4, 0.5) is 0 Å². The van der Waals surface area contributed by atoms with Crippen LogP contribution in [0.2, 0.25) is 0 Å². The normalized spacial score (nSPS) is 15.7. The zero-order chi connectivity index (χ0) is 18.3. The molecule has 1 amide bonds. The summed E-state index contributed by atoms with van der Waals surface area (Å²) in [4.78, 5) is 26.6. The van der Waals surface area contributed by atoms with E-state index >= 15 is 0 Å². The van der Waals surface area contributed by atoms with E-state index in [1.807, 2.05) is 10.7 Å². The lowest BCUT2D eigenvalue weighted by Gasteiger charge is -2.20. The molecule has 2 aromatic heterocycles. The van der Waals surface area contributed by atoms with E-state index in [1.54, 1.807) is 36.1 Å². The van der Waals surface area contributed by atoms with E-state index in [1.165, 1.54) is 4.57 Å². The molecule has 3 aromatic rings. The molecule has 8 heteroatoms. The molecule has 0 radical (unpaired) electrons. The quantitative estimate of drug-likeness (QED) is 0.763. The Morgan fingerprint density at radius 3 is 2.96 bits per heavy atom. The molecule has 0 saturated heterocycles. The van der Waals surface area contributed by atoms with Gasteiger partial charge in [0, 0.05) is 13.1 Å². The van der Waals surface area contributed by atoms with Crippen LogP contribution in [-0.2, 0) is 24.4 Å². The van der Waals surface area contributed by atoms with Gasteiger partial charge in [0.15, 0.2) is 5.58 Å². The number of fused-ring (bicyclic) bond motifs is 2. The second-order valence-corrected chi connectivity index (χ2v) is 6.55. The highest BCUT2D eigenvalue weighted by atomic mass is 16.4. The molecule has 1 atom stereocenters. The number of aryl methyl sites for hydroxylation is 1. The third-order valence-corrected chi connectivity index (χ3v) is 4.68. The van der Waals surface area contributed by atoms with E-state index in [0.717, 1.165) is 12.1 Å². The summed E-state index contributed by atoms with van der Waals surface area (Å²) in [7, 11) is 0. The molecule has 26 heavy (non-hydrogen) atoms. The number of hydrogen-bond donors (Lipinski definition) is 1. The van der Waals surface area contributed by atoms with E-state index in [4.69, 9.17) is 4.42 Å². The summed E-state index contributed by atoms with van der Waals surface area (Å²) in [5, 5.41) is 14.1. The minimum Gasteiger partial charge on any atom is -0.408 e. The lowest BCUT2D eigenvalue weighted by molar-refractivity contribution is -0.132. The van der Waals surface area contributed by atoms with Gasteiger partial charge in [-0.1, -0.05) is 12.1 Å². The zero-order valence-electron chi connectivity index (χ0n) is 14.5. The molecule has 1 N–H and O–H groups in total. The highest BCUT2D eigenvalue weighted by Gasteiger charge is 2.23. The maximum atomic E-state index is 12.8. The summed E-state index contributed by atoms with van der Waals surface area (Å²) in [6.07, 6.45) is 0.121. The molecule has 3 heterocycles. The molecule has 0 aliphatic carbocycles. The molecule has 1 aromatic carbocycles. The number of aliphatic hydroxyl groups excluding tert-OH is 1. The Balaban J connectivity index is 1.57. The predicted molar refractivity (Wildman–Crippen MR) is 93.4 cm³/mol. The first-order valence-electron chi connectivity index (χ1n) is 8.64. The van der Waals surface area contributed by atoms with Crippen molar-refractivity contribution in [3.05, 3.63) is 52.3 Å². The van der Waals surface area contributed by atoms with Crippen molar-refractivity contribution >= 4 is 17.0 Å². The van der Waals surface area contributed by atoms with E-state index < -0.39 is 11.9 Å². The molecule has 0 saturated carbocycles. The van der Waals surface area contributed by atoms with E-state index in [-0.39, 0.29) is 12.5 Å². The largest absolute Gasteiger partial charge is 0.420 e. The van der Waals surface area contributed by atoms with Crippen molar-refractivity contribution in [2.45, 2.75) is 39.1 Å². The Kier molecular flexibility index (Phi) is 4.12. The van der Waals surface area contributed by atoms with Gasteiger partial charge in [0.05, 0.1) is 29.6 Å². The first kappa shape index (κ1) is 16.6. The van der Waals surface area contributed by atoms with Crippen molar-refractivity contribution in [3.63, 3.8) is 0 Å². The molecule has 1 aliphatic heterocycles. The number of aromatic nitrogens is 3. The SMILES string of the molecule is CC(O)c1cc2n(n1)CCCN(C(=O)Cn1c(=O)oc3ccccc31)C2. The Labute approximate surface area is 149 Å². The standard InChI is InChI=1S/C18H20N4O4/c1-12(23)14-9-13-10-20(7-4-8-22(13)19-14)17(24)11-21-15-5-2-3-6-16(15)26-18(21)25/h2-3,5-6,9,12,23H,4,7-8,10-11H2,1H3. The monoisotopic (exact) mass is 356 g/mol. The maximum absolute atomic E-state index is 12.8. The molecular weight excluding hydrogens is 336 g/mol. The summed E-state index contributed by atoms with van der Waals surface area (Å²) >= 11 is 0. The van der Waals surface area contributed by atoms with Gasteiger partial charge >= 0.3 is 5.76 Å². The Hall–Kier alpha value is -2.87. The number of para-hydroxylation sites is 2. The van der Waals surface area contributed by atoms with Gasteiger partial charge < -0.3 is 14.4 Å². The van der Waals surface area contributed by atoms with Gasteiger partial charge in [-0.2, -0.15) is 5.10 Å². The molecular formula is C18H20N4O4. The highest BCUT2D eigenvalue weighted by molar-refractivity contribution is 5.79. The van der Waals surface area contributed by atoms with E-state index in [0.29, 0.717) is 36.4 Å². The highest BCUT2D eigenvalue weighted by Crippen LogP contribution is 2.18. The predicted octanol–water partition coefficient (Wildman–Crippen LogP) is 1.28. The first-order valence-corrected chi connectivity index (χ1v) is 8.64. The van der Waals surface area contributed by atoms with Crippen LogP contribution in [0, 0.1) is 0 Å². The molecule has 8 nitrogen and oxygen atoms in total. The number of aliphatic hydroxyl groups is 1. The Morgan fingerprint density at radius 1 is 1.35 bits per heavy atom. The second kappa shape index (κ2) is 6.45. The van der Waals surface area contributed by atoms with Crippen molar-refractivity contribution in [2.24, 2.45) is 0 Å². The first-order chi connectivity index (χ1) is 12.5. The number of nitrogens with zero attached hydrogens (tertiary/aromatic N) is 4. The Morgan fingerprint density at radius 2 is 2.15 bits per heavy atom. The molecule has 1 unspecified atom stereocenters. The van der Waals surface area contributed by atoms with Crippen LogP contribution in [0.3, 0.4) is 0 Å². The van der Waals surface area contributed by atoms with Gasteiger partial charge in [-0.25, -0.2) is 4.79 Å². The third kappa shape index (κ3) is 2.92. The Bertz CT molecular complexity index is 1010. The van der Waals surface area contributed by atoms with Gasteiger partial charge in [-0.3, -0.25) is 14.0 Å². The molecule has 4 rings (SSSR count). The summed E-state index contributed by atoms with van der Waals surface area (Å²) in [5.41, 5.74) is 2.57. The minimum atomic E-state index is -0.644. The van der Waals surface area contributed by atoms with Gasteiger partial charge in [0.25, 0.3) is 0 Å². The zero-order valence-corrected chi connectivity index (χ0v) is 14.5. The summed E-state index contributed by atoms with van der Waals surface area (Å²) in [6, 6.07) is 8.89. The number of amides is 1. The van der Waals surface area contributed by atoms with Crippen LogP contribution in [-0.4, -0.2) is 36.8 Å². The molecule has 0 spiro atoms. The number of carbonyl (C=O) groups is 1. The van der Waals surface area contributed by atoms with Crippen molar-refractivity contribution in [1.82, 2.24) is 19.2 Å². The topological polar surface area (TPSA) is 93.5 Å². The smallest absolute Gasteiger partial charge is 0.408 e. The summed E-state index contributed by atoms with van der Waals surface area (Å²) in [5.74, 6) is -0.678. The van der Waals surface area contributed by atoms with Crippen LogP contribution < -0.4 is 5.76 Å². The van der Waals surface area contributed by atoms with Gasteiger partial charge in [0.1, 0.15) is 6.54 Å². The van der Waals surface area contributed by atoms with Crippen LogP contribution in [0.5, 0.6) is 0 Å². The fraction of sp³-hybridized carbons (Fsp3) is 0.389. The van der Waals surface area contributed by atoms with Crippen molar-refractivity contribution in [3.8, 4) is 0 Å². The van der Waals surface area contributed by atoms with Gasteiger partial charge in [-0.15, -0.1) is 0 Å². The number of benzene rings is 1. The minimum absolute atomic E-state index is 0.0623. The van der Waals surface area contributed by atoms with Crippen LogP contribution in [0.15, 0.2) is 39.5 Å². The number of oxazole rings is 1. The van der Waals surface area contributed by atoms with Crippen molar-refractivity contribution in [2.75, 3.05) is 6.54 Å². The fourth-order valence-electron chi connectivity index (χ4n) is 3.30. The number of rotatable bonds is 3. The van der Waals surface area contributed by atoms with Gasteiger partial charge in [-0.05, 0) is 31.5 Å².